The van der Waals surface area contributed by atoms with E-state index in [9.17, 15) is 0 Å². The second-order valence-electron chi connectivity index (χ2n) is 5.24. The van der Waals surface area contributed by atoms with Gasteiger partial charge in [0.05, 0.1) is 0 Å². The zero-order chi connectivity index (χ0) is 10.6. The predicted molar refractivity (Wildman–Crippen MR) is 60.5 cm³/mol. The van der Waals surface area contributed by atoms with Crippen LogP contribution in [0.4, 0.5) is 0 Å². The lowest BCUT2D eigenvalue weighted by Gasteiger charge is -2.39. The number of para-hydroxylation sites is 1. The van der Waals surface area contributed by atoms with Crippen molar-refractivity contribution >= 4 is 0 Å². The number of benzene rings is 1. The molecule has 1 spiro atoms. The summed E-state index contributed by atoms with van der Waals surface area (Å²) in [6.07, 6.45) is 6.92. The van der Waals surface area contributed by atoms with Gasteiger partial charge in [-0.3, -0.25) is 0 Å². The Morgan fingerprint density at radius 2 is 1.88 bits per heavy atom. The van der Waals surface area contributed by atoms with Crippen LogP contribution in [0.5, 0.6) is 5.75 Å². The molecule has 0 amide bonds. The third-order valence-electron chi connectivity index (χ3n) is 4.25. The second kappa shape index (κ2) is 3.01. The molecule has 1 aromatic rings. The lowest BCUT2D eigenvalue weighted by molar-refractivity contribution is 0.00138. The van der Waals surface area contributed by atoms with Gasteiger partial charge in [-0.1, -0.05) is 24.6 Å². The molecule has 2 heterocycles. The molecule has 0 unspecified atom stereocenters. The highest BCUT2D eigenvalue weighted by Gasteiger charge is 2.60. The fraction of sp³-hybridized carbons (Fsp3) is 0.571. The molecule has 2 atom stereocenters. The van der Waals surface area contributed by atoms with E-state index < -0.39 is 0 Å². The molecule has 0 aromatic heterocycles. The lowest BCUT2D eigenvalue weighted by Crippen LogP contribution is -2.45. The van der Waals surface area contributed by atoms with Crippen LogP contribution in [-0.2, 0) is 4.74 Å². The Bertz CT molecular complexity index is 420. The molecule has 0 radical (unpaired) electrons. The summed E-state index contributed by atoms with van der Waals surface area (Å²) in [6.45, 7) is 0. The first-order valence-corrected chi connectivity index (χ1v) is 6.32. The number of ether oxygens (including phenoxy) is 2. The molecule has 2 aliphatic heterocycles. The summed E-state index contributed by atoms with van der Waals surface area (Å²) < 4.78 is 12.2. The first-order chi connectivity index (χ1) is 7.89. The Hall–Kier alpha value is -1.02. The molecule has 1 aliphatic carbocycles. The maximum Gasteiger partial charge on any atom is 0.138 e. The van der Waals surface area contributed by atoms with E-state index in [1.54, 1.807) is 0 Å². The Morgan fingerprint density at radius 3 is 2.75 bits per heavy atom. The van der Waals surface area contributed by atoms with Crippen LogP contribution in [0.1, 0.15) is 43.8 Å². The minimum Gasteiger partial charge on any atom is -0.484 e. The largest absolute Gasteiger partial charge is 0.484 e. The van der Waals surface area contributed by atoms with Gasteiger partial charge in [0.2, 0.25) is 0 Å². The Balaban J connectivity index is 1.75. The van der Waals surface area contributed by atoms with Crippen LogP contribution in [-0.4, -0.2) is 11.7 Å². The zero-order valence-corrected chi connectivity index (χ0v) is 9.32. The summed E-state index contributed by atoms with van der Waals surface area (Å²) in [6, 6.07) is 8.34. The van der Waals surface area contributed by atoms with Crippen molar-refractivity contribution in [2.45, 2.75) is 49.9 Å². The van der Waals surface area contributed by atoms with Gasteiger partial charge >= 0.3 is 0 Å². The van der Waals surface area contributed by atoms with Crippen LogP contribution >= 0.6 is 0 Å². The lowest BCUT2D eigenvalue weighted by atomic mass is 9.79. The van der Waals surface area contributed by atoms with Gasteiger partial charge in [0.1, 0.15) is 23.6 Å². The maximum atomic E-state index is 6.29. The van der Waals surface area contributed by atoms with E-state index in [1.807, 2.05) is 0 Å². The van der Waals surface area contributed by atoms with E-state index in [0.717, 1.165) is 5.75 Å². The summed E-state index contributed by atoms with van der Waals surface area (Å²) >= 11 is 0. The minimum atomic E-state index is 0.0112. The van der Waals surface area contributed by atoms with Crippen LogP contribution in [0.2, 0.25) is 0 Å². The van der Waals surface area contributed by atoms with Crippen molar-refractivity contribution < 1.29 is 9.47 Å². The summed E-state index contributed by atoms with van der Waals surface area (Å²) in [5.41, 5.74) is 1.26. The summed E-state index contributed by atoms with van der Waals surface area (Å²) in [5, 5.41) is 0. The van der Waals surface area contributed by atoms with Gasteiger partial charge < -0.3 is 9.47 Å². The van der Waals surface area contributed by atoms with Crippen LogP contribution in [0.15, 0.2) is 24.3 Å². The third-order valence-corrected chi connectivity index (χ3v) is 4.25. The molecule has 2 fully saturated rings. The highest BCUT2D eigenvalue weighted by atomic mass is 16.6. The highest BCUT2D eigenvalue weighted by Crippen LogP contribution is 2.57. The van der Waals surface area contributed by atoms with Gasteiger partial charge in [0.15, 0.2) is 0 Å². The molecule has 1 aromatic carbocycles. The van der Waals surface area contributed by atoms with Gasteiger partial charge in [0.25, 0.3) is 0 Å². The Labute approximate surface area is 95.6 Å². The number of hydrogen-bond acceptors (Lipinski definition) is 2. The van der Waals surface area contributed by atoms with E-state index in [-0.39, 0.29) is 5.60 Å². The van der Waals surface area contributed by atoms with Crippen molar-refractivity contribution in [3.63, 3.8) is 0 Å². The monoisotopic (exact) mass is 216 g/mol. The molecule has 2 heteroatoms. The highest BCUT2D eigenvalue weighted by molar-refractivity contribution is 5.42. The molecule has 1 saturated carbocycles. The standard InChI is InChI=1S/C14H16O2/c1-4-8-14(9-5-1)13-12(15-13)10-6-2-3-7-11(10)16-14/h2-3,6-7,12-13H,1,4-5,8-9H2/t12-,13+/m1/s1. The topological polar surface area (TPSA) is 21.8 Å². The first kappa shape index (κ1) is 9.06. The van der Waals surface area contributed by atoms with Gasteiger partial charge in [-0.05, 0) is 31.7 Å². The fourth-order valence-electron chi connectivity index (χ4n) is 3.37. The second-order valence-corrected chi connectivity index (χ2v) is 5.24. The molecule has 3 aliphatic rings. The molecule has 84 valence electrons. The minimum absolute atomic E-state index is 0.0112. The van der Waals surface area contributed by atoms with Crippen LogP contribution in [0.3, 0.4) is 0 Å². The van der Waals surface area contributed by atoms with E-state index >= 15 is 0 Å². The first-order valence-electron chi connectivity index (χ1n) is 6.32. The molecule has 2 nitrogen and oxygen atoms in total. The van der Waals surface area contributed by atoms with Crippen molar-refractivity contribution in [1.82, 2.24) is 0 Å². The fourth-order valence-corrected chi connectivity index (χ4v) is 3.37. The van der Waals surface area contributed by atoms with Crippen molar-refractivity contribution in [1.29, 1.82) is 0 Å². The van der Waals surface area contributed by atoms with Crippen molar-refractivity contribution in [3.05, 3.63) is 29.8 Å². The van der Waals surface area contributed by atoms with E-state index in [1.165, 1.54) is 37.7 Å². The SMILES string of the molecule is c1ccc2c(c1)OC1(CCCCC1)[C@H]1O[C@H]21. The molecule has 1 saturated heterocycles. The van der Waals surface area contributed by atoms with Crippen molar-refractivity contribution in [3.8, 4) is 5.75 Å². The molecule has 4 rings (SSSR count). The van der Waals surface area contributed by atoms with E-state index in [4.69, 9.17) is 9.47 Å². The Kier molecular flexibility index (Phi) is 1.70. The van der Waals surface area contributed by atoms with Crippen LogP contribution in [0, 0.1) is 0 Å². The summed E-state index contributed by atoms with van der Waals surface area (Å²) in [4.78, 5) is 0. The molecular formula is C14H16O2. The van der Waals surface area contributed by atoms with Gasteiger partial charge in [-0.2, -0.15) is 0 Å². The molecular weight excluding hydrogens is 200 g/mol. The summed E-state index contributed by atoms with van der Waals surface area (Å²) in [5.74, 6) is 1.06. The van der Waals surface area contributed by atoms with Crippen LogP contribution < -0.4 is 4.74 Å². The van der Waals surface area contributed by atoms with E-state index in [2.05, 4.69) is 24.3 Å². The van der Waals surface area contributed by atoms with Crippen molar-refractivity contribution in [2.75, 3.05) is 0 Å². The quantitative estimate of drug-likeness (QED) is 0.621. The van der Waals surface area contributed by atoms with E-state index in [0.29, 0.717) is 12.2 Å². The third kappa shape index (κ3) is 1.11. The van der Waals surface area contributed by atoms with Gasteiger partial charge in [-0.25, -0.2) is 0 Å². The van der Waals surface area contributed by atoms with Gasteiger partial charge in [-0.15, -0.1) is 0 Å². The number of epoxide rings is 1. The predicted octanol–water partition coefficient (Wildman–Crippen LogP) is 3.22. The zero-order valence-electron chi connectivity index (χ0n) is 9.32. The summed E-state index contributed by atoms with van der Waals surface area (Å²) in [7, 11) is 0. The van der Waals surface area contributed by atoms with Gasteiger partial charge in [0, 0.05) is 5.56 Å². The smallest absolute Gasteiger partial charge is 0.138 e. The molecule has 0 bridgehead atoms. The average Bonchev–Trinajstić information content (AvgIpc) is 3.12. The average molecular weight is 216 g/mol. The molecule has 0 N–H and O–H groups in total. The number of fused-ring (bicyclic) bond motifs is 4. The Morgan fingerprint density at radius 1 is 1.06 bits per heavy atom. The number of rotatable bonds is 0. The number of hydrogen-bond donors (Lipinski definition) is 0. The maximum absolute atomic E-state index is 6.29. The normalized spacial score (nSPS) is 33.8. The van der Waals surface area contributed by atoms with Crippen LogP contribution in [0.25, 0.3) is 0 Å². The molecule has 16 heavy (non-hydrogen) atoms. The van der Waals surface area contributed by atoms with Crippen molar-refractivity contribution in [2.24, 2.45) is 0 Å².